The highest BCUT2D eigenvalue weighted by Gasteiger charge is 2.20. The maximum absolute atomic E-state index is 13.2. The molecular weight excluding hydrogens is 528 g/mol. The number of amides is 2. The Labute approximate surface area is 220 Å². The van der Waals surface area contributed by atoms with Crippen LogP contribution in [-0.2, 0) is 11.2 Å². The molecule has 184 valence electrons. The lowest BCUT2D eigenvalue weighted by atomic mass is 10.0. The predicted octanol–water partition coefficient (Wildman–Crippen LogP) is 6.88. The molecule has 1 atom stereocenters. The van der Waals surface area contributed by atoms with Crippen LogP contribution in [0, 0.1) is 0 Å². The monoisotopic (exact) mass is 556 g/mol. The highest BCUT2D eigenvalue weighted by molar-refractivity contribution is 9.10. The minimum atomic E-state index is -0.536. The van der Waals surface area contributed by atoms with E-state index in [-0.39, 0.29) is 11.8 Å². The van der Waals surface area contributed by atoms with Crippen LogP contribution in [0.25, 0.3) is 11.1 Å². The van der Waals surface area contributed by atoms with Gasteiger partial charge in [-0.05, 0) is 60.7 Å². The molecule has 3 aromatic carbocycles. The van der Waals surface area contributed by atoms with Crippen LogP contribution in [0.1, 0.15) is 42.6 Å². The van der Waals surface area contributed by atoms with Crippen LogP contribution in [0.15, 0.2) is 66.7 Å². The standard InChI is InChI=1S/C28H30BrClN2O3/c1-3-14-31-27(33)20-10-12-23(19-8-6-5-7-9-19)25(18-20)32-28(34)24(29)17-21-16-22(30)11-13-26(21)35-15-4-2/h5-13,16,18,24H,3-4,14-15,17H2,1-2H3,(H,31,33)(H,32,34). The molecule has 0 heterocycles. The number of hydrogen-bond acceptors (Lipinski definition) is 3. The fourth-order valence-electron chi connectivity index (χ4n) is 3.56. The Morgan fingerprint density at radius 2 is 1.77 bits per heavy atom. The van der Waals surface area contributed by atoms with E-state index in [0.29, 0.717) is 41.6 Å². The van der Waals surface area contributed by atoms with Gasteiger partial charge in [0.1, 0.15) is 5.75 Å². The normalized spacial score (nSPS) is 11.5. The van der Waals surface area contributed by atoms with E-state index in [1.165, 1.54) is 0 Å². The summed E-state index contributed by atoms with van der Waals surface area (Å²) < 4.78 is 5.84. The quantitative estimate of drug-likeness (QED) is 0.253. The lowest BCUT2D eigenvalue weighted by Gasteiger charge is -2.17. The molecule has 0 fully saturated rings. The number of halogens is 2. The van der Waals surface area contributed by atoms with Crippen molar-refractivity contribution in [3.63, 3.8) is 0 Å². The summed E-state index contributed by atoms with van der Waals surface area (Å²) >= 11 is 9.74. The van der Waals surface area contributed by atoms with E-state index in [1.54, 1.807) is 18.2 Å². The Hall–Kier alpha value is -2.83. The number of rotatable bonds is 11. The molecule has 0 aliphatic rings. The van der Waals surface area contributed by atoms with Gasteiger partial charge in [0.05, 0.1) is 11.4 Å². The number of alkyl halides is 1. The van der Waals surface area contributed by atoms with E-state index < -0.39 is 4.83 Å². The summed E-state index contributed by atoms with van der Waals surface area (Å²) in [4.78, 5) is 25.3. The van der Waals surface area contributed by atoms with Crippen molar-refractivity contribution in [2.75, 3.05) is 18.5 Å². The minimum absolute atomic E-state index is 0.172. The third-order valence-corrected chi connectivity index (χ3v) is 6.30. The Bertz CT molecular complexity index is 1150. The SMILES string of the molecule is CCCNC(=O)c1ccc(-c2ccccc2)c(NC(=O)C(Br)Cc2cc(Cl)ccc2OCCC)c1. The summed E-state index contributed by atoms with van der Waals surface area (Å²) in [7, 11) is 0. The smallest absolute Gasteiger partial charge is 0.251 e. The maximum atomic E-state index is 13.2. The fraction of sp³-hybridized carbons (Fsp3) is 0.286. The lowest BCUT2D eigenvalue weighted by Crippen LogP contribution is -2.26. The Morgan fingerprint density at radius 1 is 1.00 bits per heavy atom. The highest BCUT2D eigenvalue weighted by atomic mass is 79.9. The number of anilines is 1. The number of nitrogens with one attached hydrogen (secondary N) is 2. The van der Waals surface area contributed by atoms with Gasteiger partial charge < -0.3 is 15.4 Å². The average molecular weight is 558 g/mol. The highest BCUT2D eigenvalue weighted by Crippen LogP contribution is 2.31. The van der Waals surface area contributed by atoms with Crippen LogP contribution in [-0.4, -0.2) is 29.8 Å². The van der Waals surface area contributed by atoms with Crippen molar-refractivity contribution in [1.29, 1.82) is 0 Å². The largest absolute Gasteiger partial charge is 0.493 e. The molecule has 2 N–H and O–H groups in total. The van der Waals surface area contributed by atoms with Gasteiger partial charge in [-0.15, -0.1) is 0 Å². The molecule has 7 heteroatoms. The first-order chi connectivity index (χ1) is 16.9. The molecule has 35 heavy (non-hydrogen) atoms. The summed E-state index contributed by atoms with van der Waals surface area (Å²) in [6, 6.07) is 20.5. The molecule has 0 radical (unpaired) electrons. The molecule has 2 amide bonds. The molecule has 0 aliphatic heterocycles. The molecule has 0 aliphatic carbocycles. The average Bonchev–Trinajstić information content (AvgIpc) is 2.87. The molecule has 1 unspecified atom stereocenters. The molecule has 3 rings (SSSR count). The van der Waals surface area contributed by atoms with Crippen molar-refractivity contribution in [2.45, 2.75) is 37.9 Å². The van der Waals surface area contributed by atoms with Gasteiger partial charge in [0.2, 0.25) is 5.91 Å². The summed E-state index contributed by atoms with van der Waals surface area (Å²) in [5.41, 5.74) is 3.69. The third-order valence-electron chi connectivity index (χ3n) is 5.33. The van der Waals surface area contributed by atoms with Gasteiger partial charge in [-0.25, -0.2) is 0 Å². The van der Waals surface area contributed by atoms with E-state index in [1.807, 2.05) is 62.4 Å². The van der Waals surface area contributed by atoms with Crippen LogP contribution in [0.5, 0.6) is 5.75 Å². The van der Waals surface area contributed by atoms with E-state index >= 15 is 0 Å². The second-order valence-corrected chi connectivity index (χ2v) is 9.69. The molecule has 5 nitrogen and oxygen atoms in total. The number of hydrogen-bond donors (Lipinski definition) is 2. The van der Waals surface area contributed by atoms with Gasteiger partial charge in [-0.1, -0.05) is 77.8 Å². The lowest BCUT2D eigenvalue weighted by molar-refractivity contribution is -0.115. The van der Waals surface area contributed by atoms with Crippen molar-refractivity contribution in [2.24, 2.45) is 0 Å². The number of carbonyl (C=O) groups is 2. The van der Waals surface area contributed by atoms with Gasteiger partial charge in [0.15, 0.2) is 0 Å². The topological polar surface area (TPSA) is 67.4 Å². The van der Waals surface area contributed by atoms with Crippen molar-refractivity contribution in [3.8, 4) is 16.9 Å². The molecule has 0 bridgehead atoms. The van der Waals surface area contributed by atoms with Gasteiger partial charge in [0, 0.05) is 28.4 Å². The van der Waals surface area contributed by atoms with Crippen molar-refractivity contribution >= 4 is 45.0 Å². The second kappa shape index (κ2) is 13.3. The fourth-order valence-corrected chi connectivity index (χ4v) is 4.21. The third kappa shape index (κ3) is 7.58. The van der Waals surface area contributed by atoms with Crippen LogP contribution in [0.2, 0.25) is 5.02 Å². The second-order valence-electron chi connectivity index (χ2n) is 8.14. The molecule has 0 saturated heterocycles. The van der Waals surface area contributed by atoms with Gasteiger partial charge in [-0.2, -0.15) is 0 Å². The summed E-state index contributed by atoms with van der Waals surface area (Å²) in [6.45, 7) is 5.21. The summed E-state index contributed by atoms with van der Waals surface area (Å²) in [5, 5.41) is 6.49. The molecule has 3 aromatic rings. The first-order valence-electron chi connectivity index (χ1n) is 11.8. The van der Waals surface area contributed by atoms with Crippen molar-refractivity contribution < 1.29 is 14.3 Å². The first kappa shape index (κ1) is 26.8. The zero-order valence-electron chi connectivity index (χ0n) is 19.9. The Morgan fingerprint density at radius 3 is 2.49 bits per heavy atom. The van der Waals surface area contributed by atoms with E-state index in [9.17, 15) is 9.59 Å². The Balaban J connectivity index is 1.85. The zero-order valence-corrected chi connectivity index (χ0v) is 22.3. The number of carbonyl (C=O) groups excluding carboxylic acids is 2. The van der Waals surface area contributed by atoms with Crippen LogP contribution < -0.4 is 15.4 Å². The molecule has 0 saturated carbocycles. The summed E-state index contributed by atoms with van der Waals surface area (Å²) in [6.07, 6.45) is 2.11. The molecular formula is C28H30BrClN2O3. The first-order valence-corrected chi connectivity index (χ1v) is 13.1. The maximum Gasteiger partial charge on any atom is 0.251 e. The number of ether oxygens (including phenoxy) is 1. The molecule has 0 spiro atoms. The van der Waals surface area contributed by atoms with E-state index in [0.717, 1.165) is 29.5 Å². The molecule has 0 aromatic heterocycles. The van der Waals surface area contributed by atoms with Crippen LogP contribution in [0.3, 0.4) is 0 Å². The van der Waals surface area contributed by atoms with Gasteiger partial charge >= 0.3 is 0 Å². The van der Waals surface area contributed by atoms with Crippen LogP contribution in [0.4, 0.5) is 5.69 Å². The van der Waals surface area contributed by atoms with Crippen molar-refractivity contribution in [1.82, 2.24) is 5.32 Å². The van der Waals surface area contributed by atoms with E-state index in [2.05, 4.69) is 26.6 Å². The number of benzene rings is 3. The zero-order chi connectivity index (χ0) is 25.2. The van der Waals surface area contributed by atoms with Gasteiger partial charge in [0.25, 0.3) is 5.91 Å². The summed E-state index contributed by atoms with van der Waals surface area (Å²) in [5.74, 6) is 0.316. The predicted molar refractivity (Wildman–Crippen MR) is 147 cm³/mol. The van der Waals surface area contributed by atoms with Crippen LogP contribution >= 0.6 is 27.5 Å². The van der Waals surface area contributed by atoms with E-state index in [4.69, 9.17) is 16.3 Å². The van der Waals surface area contributed by atoms with Gasteiger partial charge in [-0.3, -0.25) is 9.59 Å². The Kier molecular flexibility index (Phi) is 10.2. The minimum Gasteiger partial charge on any atom is -0.493 e. The van der Waals surface area contributed by atoms with Crippen molar-refractivity contribution in [3.05, 3.63) is 82.9 Å².